The Morgan fingerprint density at radius 1 is 1.30 bits per heavy atom. The molecule has 0 radical (unpaired) electrons. The fourth-order valence-corrected chi connectivity index (χ4v) is 4.07. The smallest absolute Gasteiger partial charge is 0.0195 e. The molecule has 1 heteroatoms. The Kier molecular flexibility index (Phi) is 8.32. The van der Waals surface area contributed by atoms with Crippen molar-refractivity contribution in [3.05, 3.63) is 12.2 Å². The summed E-state index contributed by atoms with van der Waals surface area (Å²) in [5.74, 6) is 3.64. The van der Waals surface area contributed by atoms with Gasteiger partial charge in [-0.3, -0.25) is 0 Å². The fourth-order valence-electron chi connectivity index (χ4n) is 3.97. The van der Waals surface area contributed by atoms with E-state index in [0.717, 1.165) is 23.7 Å². The third-order valence-corrected chi connectivity index (χ3v) is 5.69. The van der Waals surface area contributed by atoms with Gasteiger partial charge < -0.3 is 0 Å². The van der Waals surface area contributed by atoms with Crippen LogP contribution in [0.1, 0.15) is 79.1 Å². The lowest BCUT2D eigenvalue weighted by atomic mass is 9.72. The van der Waals surface area contributed by atoms with Crippen LogP contribution in [-0.4, -0.2) is 5.25 Å². The topological polar surface area (TPSA) is 0 Å². The van der Waals surface area contributed by atoms with Crippen molar-refractivity contribution < 1.29 is 0 Å². The summed E-state index contributed by atoms with van der Waals surface area (Å²) in [4.78, 5) is 0. The van der Waals surface area contributed by atoms with Gasteiger partial charge in [-0.25, -0.2) is 0 Å². The number of thiol groups is 1. The molecular weight excluding hydrogens is 260 g/mol. The Labute approximate surface area is 133 Å². The van der Waals surface area contributed by atoms with E-state index >= 15 is 0 Å². The molecule has 0 aromatic rings. The van der Waals surface area contributed by atoms with Gasteiger partial charge in [-0.1, -0.05) is 65.0 Å². The molecule has 1 saturated carbocycles. The zero-order valence-electron chi connectivity index (χ0n) is 14.2. The van der Waals surface area contributed by atoms with E-state index < -0.39 is 0 Å². The lowest BCUT2D eigenvalue weighted by Gasteiger charge is -2.33. The molecule has 4 unspecified atom stereocenters. The van der Waals surface area contributed by atoms with Crippen LogP contribution >= 0.6 is 12.6 Å². The molecule has 0 amide bonds. The average Bonchev–Trinajstić information content (AvgIpc) is 2.38. The summed E-state index contributed by atoms with van der Waals surface area (Å²) in [6.45, 7) is 13.6. The summed E-state index contributed by atoms with van der Waals surface area (Å²) >= 11 is 4.54. The molecule has 1 aliphatic carbocycles. The van der Waals surface area contributed by atoms with Crippen molar-refractivity contribution >= 4 is 12.6 Å². The Balaban J connectivity index is 2.48. The van der Waals surface area contributed by atoms with E-state index in [-0.39, 0.29) is 0 Å². The summed E-state index contributed by atoms with van der Waals surface area (Å²) in [6.07, 6.45) is 11.1. The summed E-state index contributed by atoms with van der Waals surface area (Å²) in [5.41, 5.74) is 1.33. The van der Waals surface area contributed by atoms with Gasteiger partial charge in [-0.2, -0.15) is 12.6 Å². The number of hydrogen-bond donors (Lipinski definition) is 1. The van der Waals surface area contributed by atoms with Crippen LogP contribution in [0, 0.1) is 23.7 Å². The maximum absolute atomic E-state index is 4.54. The third-order valence-electron chi connectivity index (χ3n) is 5.33. The van der Waals surface area contributed by atoms with Crippen LogP contribution in [0.15, 0.2) is 12.2 Å². The molecule has 118 valence electrons. The molecule has 0 aromatic heterocycles. The van der Waals surface area contributed by atoms with E-state index in [0.29, 0.717) is 5.25 Å². The summed E-state index contributed by atoms with van der Waals surface area (Å²) < 4.78 is 0. The highest BCUT2D eigenvalue weighted by atomic mass is 32.1. The van der Waals surface area contributed by atoms with E-state index in [4.69, 9.17) is 0 Å². The molecule has 0 aromatic carbocycles. The second-order valence-corrected chi connectivity index (χ2v) is 8.21. The number of rotatable bonds is 8. The molecule has 1 fully saturated rings. The first-order valence-corrected chi connectivity index (χ1v) is 9.31. The second-order valence-electron chi connectivity index (χ2n) is 7.44. The Bertz CT molecular complexity index is 281. The molecule has 0 nitrogen and oxygen atoms in total. The van der Waals surface area contributed by atoms with Crippen molar-refractivity contribution in [2.75, 3.05) is 0 Å². The first kappa shape index (κ1) is 18.1. The van der Waals surface area contributed by atoms with Crippen molar-refractivity contribution in [3.8, 4) is 0 Å². The predicted molar refractivity (Wildman–Crippen MR) is 95.5 cm³/mol. The largest absolute Gasteiger partial charge is 0.172 e. The minimum absolute atomic E-state index is 0.347. The zero-order chi connectivity index (χ0) is 15.1. The molecule has 0 aliphatic heterocycles. The van der Waals surface area contributed by atoms with E-state index in [1.54, 1.807) is 0 Å². The molecule has 1 aliphatic rings. The van der Waals surface area contributed by atoms with Crippen LogP contribution in [0.4, 0.5) is 0 Å². The lowest BCUT2D eigenvalue weighted by Crippen LogP contribution is -2.22. The van der Waals surface area contributed by atoms with E-state index in [1.165, 1.54) is 56.9 Å². The van der Waals surface area contributed by atoms with Gasteiger partial charge in [0.1, 0.15) is 0 Å². The molecule has 20 heavy (non-hydrogen) atoms. The van der Waals surface area contributed by atoms with E-state index in [2.05, 4.69) is 46.9 Å². The van der Waals surface area contributed by atoms with Crippen molar-refractivity contribution in [2.24, 2.45) is 23.7 Å². The monoisotopic (exact) mass is 296 g/mol. The molecular formula is C19H36S. The number of hydrogen-bond acceptors (Lipinski definition) is 1. The quantitative estimate of drug-likeness (QED) is 0.382. The van der Waals surface area contributed by atoms with Gasteiger partial charge in [0.05, 0.1) is 0 Å². The van der Waals surface area contributed by atoms with Gasteiger partial charge in [-0.05, 0) is 49.9 Å². The Morgan fingerprint density at radius 3 is 2.55 bits per heavy atom. The van der Waals surface area contributed by atoms with Gasteiger partial charge >= 0.3 is 0 Å². The molecule has 1 rings (SSSR count). The van der Waals surface area contributed by atoms with Crippen molar-refractivity contribution in [3.63, 3.8) is 0 Å². The van der Waals surface area contributed by atoms with Gasteiger partial charge in [-0.15, -0.1) is 0 Å². The van der Waals surface area contributed by atoms with Crippen LogP contribution < -0.4 is 0 Å². The van der Waals surface area contributed by atoms with E-state index in [9.17, 15) is 0 Å². The van der Waals surface area contributed by atoms with Crippen LogP contribution in [0.25, 0.3) is 0 Å². The molecule has 0 N–H and O–H groups in total. The SMILES string of the molecule is C=C(CC(CCC)C[C@H](C)C1CCCC(C)C1)C(C)S. The van der Waals surface area contributed by atoms with Crippen LogP contribution in [0.5, 0.6) is 0 Å². The van der Waals surface area contributed by atoms with Crippen LogP contribution in [0.3, 0.4) is 0 Å². The van der Waals surface area contributed by atoms with Crippen molar-refractivity contribution in [2.45, 2.75) is 84.3 Å². The van der Waals surface area contributed by atoms with Gasteiger partial charge in [0.25, 0.3) is 0 Å². The maximum Gasteiger partial charge on any atom is 0.0195 e. The molecule has 0 bridgehead atoms. The van der Waals surface area contributed by atoms with E-state index in [1.807, 2.05) is 0 Å². The van der Waals surface area contributed by atoms with Gasteiger partial charge in [0.15, 0.2) is 0 Å². The minimum Gasteiger partial charge on any atom is -0.172 e. The van der Waals surface area contributed by atoms with Gasteiger partial charge in [0.2, 0.25) is 0 Å². The van der Waals surface area contributed by atoms with Crippen molar-refractivity contribution in [1.82, 2.24) is 0 Å². The lowest BCUT2D eigenvalue weighted by molar-refractivity contribution is 0.186. The Morgan fingerprint density at radius 2 is 2.00 bits per heavy atom. The predicted octanol–water partition coefficient (Wildman–Crippen LogP) is 6.52. The molecule has 0 heterocycles. The highest BCUT2D eigenvalue weighted by molar-refractivity contribution is 7.81. The summed E-state index contributed by atoms with van der Waals surface area (Å²) in [6, 6.07) is 0. The average molecular weight is 297 g/mol. The maximum atomic E-state index is 4.54. The second kappa shape index (κ2) is 9.18. The standard InChI is InChI=1S/C19H36S/c1-6-8-18(12-15(3)17(5)20)13-16(4)19-10-7-9-14(2)11-19/h14,16-20H,3,6-13H2,1-2,4-5H3/t14?,16-,17?,18?,19?/m0/s1. The van der Waals surface area contributed by atoms with Crippen LogP contribution in [-0.2, 0) is 0 Å². The Hall–Kier alpha value is 0.0900. The highest BCUT2D eigenvalue weighted by Gasteiger charge is 2.26. The molecule has 0 saturated heterocycles. The third kappa shape index (κ3) is 6.24. The van der Waals surface area contributed by atoms with Crippen molar-refractivity contribution in [1.29, 1.82) is 0 Å². The summed E-state index contributed by atoms with van der Waals surface area (Å²) in [7, 11) is 0. The fraction of sp³-hybridized carbons (Fsp3) is 0.895. The van der Waals surface area contributed by atoms with Gasteiger partial charge in [0, 0.05) is 5.25 Å². The van der Waals surface area contributed by atoms with Crippen LogP contribution in [0.2, 0.25) is 0 Å². The highest BCUT2D eigenvalue weighted by Crippen LogP contribution is 2.37. The zero-order valence-corrected chi connectivity index (χ0v) is 15.1. The first-order valence-electron chi connectivity index (χ1n) is 8.79. The first-order chi connectivity index (χ1) is 9.43. The normalized spacial score (nSPS) is 27.9. The molecule has 0 spiro atoms. The summed E-state index contributed by atoms with van der Waals surface area (Å²) in [5, 5.41) is 0.347. The minimum atomic E-state index is 0.347. The molecule has 5 atom stereocenters.